The normalized spacial score (nSPS) is 12.4. The van der Waals surface area contributed by atoms with Crippen molar-refractivity contribution in [3.8, 4) is 0 Å². The molecule has 7 heteroatoms. The third kappa shape index (κ3) is 8.42. The first-order chi connectivity index (χ1) is 13.2. The van der Waals surface area contributed by atoms with Crippen molar-refractivity contribution in [2.75, 3.05) is 23.7 Å². The molecule has 0 bridgehead atoms. The number of nitrogens with zero attached hydrogens (tertiary/aromatic N) is 1. The molecule has 0 saturated carbocycles. The SMILES string of the molecule is CCCC[C@H](CC)CNC(=O)CCCN(c1cccc(C(C)=O)c1)S(C)(=O)=O. The topological polar surface area (TPSA) is 83.6 Å². The van der Waals surface area contributed by atoms with Gasteiger partial charge in [0.05, 0.1) is 11.9 Å². The summed E-state index contributed by atoms with van der Waals surface area (Å²) in [5.74, 6) is 0.315. The number of ketones is 1. The number of nitrogens with one attached hydrogen (secondary N) is 1. The Morgan fingerprint density at radius 1 is 1.18 bits per heavy atom. The lowest BCUT2D eigenvalue weighted by Gasteiger charge is -2.23. The molecule has 0 fully saturated rings. The first kappa shape index (κ1) is 24.1. The standard InChI is InChI=1S/C21H34N2O4S/c1-5-7-10-18(6-2)16-22-21(25)13-9-14-23(28(4,26)27)20-12-8-11-19(15-20)17(3)24/h8,11-12,15,18H,5-7,9-10,13-14,16H2,1-4H3,(H,22,25)/t18-/m0/s1. The summed E-state index contributed by atoms with van der Waals surface area (Å²) in [6, 6.07) is 6.55. The second-order valence-electron chi connectivity index (χ2n) is 7.27. The number of carbonyl (C=O) groups excluding carboxylic acids is 2. The van der Waals surface area contributed by atoms with Crippen molar-refractivity contribution in [3.05, 3.63) is 29.8 Å². The van der Waals surface area contributed by atoms with E-state index in [1.807, 2.05) is 0 Å². The van der Waals surface area contributed by atoms with Gasteiger partial charge in [0.25, 0.3) is 0 Å². The van der Waals surface area contributed by atoms with E-state index in [-0.39, 0.29) is 24.7 Å². The van der Waals surface area contributed by atoms with Gasteiger partial charge in [-0.05, 0) is 37.8 Å². The summed E-state index contributed by atoms with van der Waals surface area (Å²) in [4.78, 5) is 23.7. The lowest BCUT2D eigenvalue weighted by molar-refractivity contribution is -0.121. The predicted octanol–water partition coefficient (Wildman–Crippen LogP) is 3.77. The Bertz CT molecular complexity index is 747. The van der Waals surface area contributed by atoms with E-state index >= 15 is 0 Å². The van der Waals surface area contributed by atoms with Crippen molar-refractivity contribution in [2.24, 2.45) is 5.92 Å². The van der Waals surface area contributed by atoms with Gasteiger partial charge < -0.3 is 5.32 Å². The van der Waals surface area contributed by atoms with Gasteiger partial charge in [-0.2, -0.15) is 0 Å². The lowest BCUT2D eigenvalue weighted by Crippen LogP contribution is -2.33. The highest BCUT2D eigenvalue weighted by Gasteiger charge is 2.18. The average Bonchev–Trinajstić information content (AvgIpc) is 2.64. The van der Waals surface area contributed by atoms with E-state index in [1.165, 1.54) is 11.2 Å². The van der Waals surface area contributed by atoms with Crippen LogP contribution < -0.4 is 9.62 Å². The third-order valence-corrected chi connectivity index (χ3v) is 6.03. The Labute approximate surface area is 169 Å². The molecule has 1 atom stereocenters. The van der Waals surface area contributed by atoms with Gasteiger partial charge in [0.15, 0.2) is 5.78 Å². The van der Waals surface area contributed by atoms with Crippen LogP contribution in [-0.4, -0.2) is 39.5 Å². The quantitative estimate of drug-likeness (QED) is 0.502. The maximum atomic E-state index is 12.2. The molecule has 1 aromatic rings. The molecule has 28 heavy (non-hydrogen) atoms. The minimum absolute atomic E-state index is 0.0547. The van der Waals surface area contributed by atoms with E-state index < -0.39 is 10.0 Å². The molecule has 1 amide bonds. The molecule has 0 aliphatic heterocycles. The van der Waals surface area contributed by atoms with Gasteiger partial charge in [0.1, 0.15) is 0 Å². The van der Waals surface area contributed by atoms with Gasteiger partial charge >= 0.3 is 0 Å². The summed E-state index contributed by atoms with van der Waals surface area (Å²) >= 11 is 0. The van der Waals surface area contributed by atoms with E-state index in [1.54, 1.807) is 24.3 Å². The number of hydrogen-bond acceptors (Lipinski definition) is 4. The zero-order valence-corrected chi connectivity index (χ0v) is 18.3. The van der Waals surface area contributed by atoms with Crippen LogP contribution in [0.3, 0.4) is 0 Å². The van der Waals surface area contributed by atoms with Crippen LogP contribution in [0.4, 0.5) is 5.69 Å². The van der Waals surface area contributed by atoms with Gasteiger partial charge in [-0.25, -0.2) is 8.42 Å². The molecule has 6 nitrogen and oxygen atoms in total. The van der Waals surface area contributed by atoms with Crippen LogP contribution in [0, 0.1) is 5.92 Å². The lowest BCUT2D eigenvalue weighted by atomic mass is 9.99. The highest BCUT2D eigenvalue weighted by molar-refractivity contribution is 7.92. The van der Waals surface area contributed by atoms with Crippen molar-refractivity contribution in [1.82, 2.24) is 5.32 Å². The van der Waals surface area contributed by atoms with Gasteiger partial charge in [-0.15, -0.1) is 0 Å². The van der Waals surface area contributed by atoms with Crippen LogP contribution in [0.1, 0.15) is 69.7 Å². The van der Waals surface area contributed by atoms with Gasteiger partial charge in [-0.3, -0.25) is 13.9 Å². The number of carbonyl (C=O) groups is 2. The summed E-state index contributed by atoms with van der Waals surface area (Å²) < 4.78 is 25.6. The fourth-order valence-corrected chi connectivity index (χ4v) is 4.00. The molecule has 0 aromatic heterocycles. The molecular weight excluding hydrogens is 376 g/mol. The van der Waals surface area contributed by atoms with E-state index in [0.717, 1.165) is 31.9 Å². The summed E-state index contributed by atoms with van der Waals surface area (Å²) in [6.07, 6.45) is 6.27. The van der Waals surface area contributed by atoms with Crippen molar-refractivity contribution >= 4 is 27.4 Å². The molecule has 158 valence electrons. The molecule has 0 saturated heterocycles. The number of amides is 1. The molecule has 0 heterocycles. The number of benzene rings is 1. The van der Waals surface area contributed by atoms with Crippen LogP contribution in [0.25, 0.3) is 0 Å². The van der Waals surface area contributed by atoms with Gasteiger partial charge in [0, 0.05) is 25.1 Å². The monoisotopic (exact) mass is 410 g/mol. The Hall–Kier alpha value is -1.89. The van der Waals surface area contributed by atoms with Crippen LogP contribution >= 0.6 is 0 Å². The molecule has 1 aromatic carbocycles. The third-order valence-electron chi connectivity index (χ3n) is 4.84. The van der Waals surface area contributed by atoms with Crippen LogP contribution in [0.15, 0.2) is 24.3 Å². The Morgan fingerprint density at radius 2 is 1.89 bits per heavy atom. The second kappa shape index (κ2) is 11.8. The predicted molar refractivity (Wildman–Crippen MR) is 114 cm³/mol. The number of hydrogen-bond donors (Lipinski definition) is 1. The number of Topliss-reactive ketones (excluding diaryl/α,β-unsaturated/α-hetero) is 1. The minimum atomic E-state index is -3.51. The molecule has 0 aliphatic carbocycles. The molecule has 1 rings (SSSR count). The molecule has 0 spiro atoms. The smallest absolute Gasteiger partial charge is 0.232 e. The van der Waals surface area contributed by atoms with Crippen LogP contribution in [-0.2, 0) is 14.8 Å². The summed E-state index contributed by atoms with van der Waals surface area (Å²) in [6.45, 7) is 6.60. The first-order valence-corrected chi connectivity index (χ1v) is 11.9. The number of unbranched alkanes of at least 4 members (excludes halogenated alkanes) is 1. The van der Waals surface area contributed by atoms with Gasteiger partial charge in [-0.1, -0.05) is 45.2 Å². The van der Waals surface area contributed by atoms with Crippen molar-refractivity contribution < 1.29 is 18.0 Å². The molecule has 0 unspecified atom stereocenters. The number of anilines is 1. The largest absolute Gasteiger partial charge is 0.356 e. The van der Waals surface area contributed by atoms with Crippen molar-refractivity contribution in [1.29, 1.82) is 0 Å². The molecule has 0 aliphatic rings. The number of rotatable bonds is 13. The summed E-state index contributed by atoms with van der Waals surface area (Å²) in [5.41, 5.74) is 0.905. The fraction of sp³-hybridized carbons (Fsp3) is 0.619. The maximum absolute atomic E-state index is 12.2. The fourth-order valence-electron chi connectivity index (χ4n) is 3.04. The minimum Gasteiger partial charge on any atom is -0.356 e. The molecular formula is C21H34N2O4S. The van der Waals surface area contributed by atoms with Crippen LogP contribution in [0.5, 0.6) is 0 Å². The highest BCUT2D eigenvalue weighted by atomic mass is 32.2. The van der Waals surface area contributed by atoms with Crippen molar-refractivity contribution in [2.45, 2.75) is 59.3 Å². The van der Waals surface area contributed by atoms with Crippen molar-refractivity contribution in [3.63, 3.8) is 0 Å². The van der Waals surface area contributed by atoms with E-state index in [2.05, 4.69) is 19.2 Å². The second-order valence-corrected chi connectivity index (χ2v) is 9.17. The van der Waals surface area contributed by atoms with E-state index in [9.17, 15) is 18.0 Å². The summed E-state index contributed by atoms with van der Waals surface area (Å²) in [7, 11) is -3.51. The van der Waals surface area contributed by atoms with E-state index in [0.29, 0.717) is 30.1 Å². The summed E-state index contributed by atoms with van der Waals surface area (Å²) in [5, 5.41) is 2.97. The van der Waals surface area contributed by atoms with Crippen LogP contribution in [0.2, 0.25) is 0 Å². The zero-order valence-electron chi connectivity index (χ0n) is 17.5. The van der Waals surface area contributed by atoms with E-state index in [4.69, 9.17) is 0 Å². The Kier molecular flexibility index (Phi) is 10.2. The first-order valence-electron chi connectivity index (χ1n) is 10.0. The highest BCUT2D eigenvalue weighted by Crippen LogP contribution is 2.20. The Morgan fingerprint density at radius 3 is 2.46 bits per heavy atom. The molecule has 1 N–H and O–H groups in total. The number of sulfonamides is 1. The molecule has 0 radical (unpaired) electrons. The Balaban J connectivity index is 2.62. The zero-order chi connectivity index (χ0) is 21.2. The average molecular weight is 411 g/mol. The maximum Gasteiger partial charge on any atom is 0.232 e. The van der Waals surface area contributed by atoms with Gasteiger partial charge in [0.2, 0.25) is 15.9 Å².